The van der Waals surface area contributed by atoms with Gasteiger partial charge in [0.2, 0.25) is 0 Å². The quantitative estimate of drug-likeness (QED) is 0.341. The summed E-state index contributed by atoms with van der Waals surface area (Å²) in [7, 11) is 0. The van der Waals surface area contributed by atoms with Crippen LogP contribution in [0.1, 0.15) is 39.2 Å². The number of nitrogens with zero attached hydrogens (tertiary/aromatic N) is 2. The average Bonchev–Trinajstić information content (AvgIpc) is 2.61. The molecule has 6 heteroatoms. The Morgan fingerprint density at radius 3 is 2.65 bits per heavy atom. The van der Waals surface area contributed by atoms with Gasteiger partial charge in [0.15, 0.2) is 5.96 Å². The largest absolute Gasteiger partial charge is 0.357 e. The van der Waals surface area contributed by atoms with Crippen molar-refractivity contribution in [2.24, 2.45) is 10.9 Å². The molecule has 1 heterocycles. The smallest absolute Gasteiger partial charge is 0.191 e. The van der Waals surface area contributed by atoms with Gasteiger partial charge in [-0.15, -0.1) is 24.0 Å². The first-order valence-corrected chi connectivity index (χ1v) is 9.97. The third-order valence-electron chi connectivity index (χ3n) is 4.75. The molecule has 1 saturated heterocycles. The van der Waals surface area contributed by atoms with Crippen molar-refractivity contribution in [3.63, 3.8) is 0 Å². The molecule has 0 aromatic heterocycles. The highest BCUT2D eigenvalue weighted by molar-refractivity contribution is 14.0. The molecule has 1 aliphatic heterocycles. The SMILES string of the molecule is CCNC(=NCC1CCCN(C(C)C)C1)NCCc1ccc(Cl)cc1.I. The third-order valence-corrected chi connectivity index (χ3v) is 5.00. The van der Waals surface area contributed by atoms with E-state index in [0.717, 1.165) is 37.0 Å². The Morgan fingerprint density at radius 2 is 2.00 bits per heavy atom. The van der Waals surface area contributed by atoms with Crippen molar-refractivity contribution in [1.82, 2.24) is 15.5 Å². The first-order valence-electron chi connectivity index (χ1n) is 9.59. The molecule has 0 radical (unpaired) electrons. The number of aliphatic imine (C=N–C) groups is 1. The number of piperidine rings is 1. The topological polar surface area (TPSA) is 39.7 Å². The van der Waals surface area contributed by atoms with Gasteiger partial charge in [0.1, 0.15) is 0 Å². The predicted octanol–water partition coefficient (Wildman–Crippen LogP) is 4.18. The summed E-state index contributed by atoms with van der Waals surface area (Å²) >= 11 is 5.93. The number of halogens is 2. The molecule has 0 amide bonds. The Labute approximate surface area is 181 Å². The first kappa shape index (κ1) is 23.5. The number of rotatable bonds is 7. The molecule has 0 spiro atoms. The van der Waals surface area contributed by atoms with Crippen molar-refractivity contribution in [1.29, 1.82) is 0 Å². The minimum atomic E-state index is 0. The number of hydrogen-bond donors (Lipinski definition) is 2. The zero-order chi connectivity index (χ0) is 18.1. The molecule has 0 aliphatic carbocycles. The second-order valence-corrected chi connectivity index (χ2v) is 7.56. The molecule has 1 fully saturated rings. The van der Waals surface area contributed by atoms with Gasteiger partial charge in [0, 0.05) is 37.2 Å². The zero-order valence-corrected chi connectivity index (χ0v) is 19.4. The zero-order valence-electron chi connectivity index (χ0n) is 16.3. The first-order chi connectivity index (χ1) is 12.1. The molecule has 1 aromatic rings. The van der Waals surface area contributed by atoms with Crippen molar-refractivity contribution in [3.05, 3.63) is 34.9 Å². The fraction of sp³-hybridized carbons (Fsp3) is 0.650. The van der Waals surface area contributed by atoms with Crippen LogP contribution in [0.2, 0.25) is 5.02 Å². The molecule has 0 saturated carbocycles. The van der Waals surface area contributed by atoms with Gasteiger partial charge in [0.05, 0.1) is 0 Å². The lowest BCUT2D eigenvalue weighted by Gasteiger charge is -2.34. The van der Waals surface area contributed by atoms with Crippen LogP contribution in [0, 0.1) is 5.92 Å². The van der Waals surface area contributed by atoms with E-state index < -0.39 is 0 Å². The minimum Gasteiger partial charge on any atom is -0.357 e. The summed E-state index contributed by atoms with van der Waals surface area (Å²) in [5, 5.41) is 7.59. The summed E-state index contributed by atoms with van der Waals surface area (Å²) in [6, 6.07) is 8.68. The van der Waals surface area contributed by atoms with Gasteiger partial charge in [-0.2, -0.15) is 0 Å². The van der Waals surface area contributed by atoms with Crippen molar-refractivity contribution in [2.45, 2.75) is 46.1 Å². The fourth-order valence-electron chi connectivity index (χ4n) is 3.25. The summed E-state index contributed by atoms with van der Waals surface area (Å²) in [6.45, 7) is 11.7. The second kappa shape index (κ2) is 12.8. The monoisotopic (exact) mass is 492 g/mol. The molecule has 2 N–H and O–H groups in total. The summed E-state index contributed by atoms with van der Waals surface area (Å²) in [5.74, 6) is 1.60. The molecular formula is C20H34ClIN4. The van der Waals surface area contributed by atoms with Crippen LogP contribution in [0.25, 0.3) is 0 Å². The molecule has 2 rings (SSSR count). The Hall–Kier alpha value is -0.530. The van der Waals surface area contributed by atoms with Gasteiger partial charge in [-0.1, -0.05) is 23.7 Å². The summed E-state index contributed by atoms with van der Waals surface area (Å²) in [4.78, 5) is 7.40. The number of benzene rings is 1. The maximum absolute atomic E-state index is 5.93. The third kappa shape index (κ3) is 8.44. The van der Waals surface area contributed by atoms with Gasteiger partial charge in [-0.25, -0.2) is 0 Å². The standard InChI is InChI=1S/C20H33ClN4.HI/c1-4-22-20(23-12-11-17-7-9-19(21)10-8-17)24-14-18-6-5-13-25(15-18)16(2)3;/h7-10,16,18H,4-6,11-15H2,1-3H3,(H2,22,23,24);1H. The molecule has 1 unspecified atom stereocenters. The van der Waals surface area contributed by atoms with Crippen molar-refractivity contribution < 1.29 is 0 Å². The van der Waals surface area contributed by atoms with E-state index in [1.807, 2.05) is 12.1 Å². The van der Waals surface area contributed by atoms with Crippen LogP contribution in [0.3, 0.4) is 0 Å². The lowest BCUT2D eigenvalue weighted by atomic mass is 9.97. The minimum absolute atomic E-state index is 0. The van der Waals surface area contributed by atoms with Crippen LogP contribution in [-0.2, 0) is 6.42 Å². The van der Waals surface area contributed by atoms with Crippen LogP contribution in [-0.4, -0.2) is 49.6 Å². The Kier molecular flexibility index (Phi) is 11.6. The molecule has 26 heavy (non-hydrogen) atoms. The highest BCUT2D eigenvalue weighted by Gasteiger charge is 2.21. The van der Waals surface area contributed by atoms with E-state index in [9.17, 15) is 0 Å². The highest BCUT2D eigenvalue weighted by atomic mass is 127. The van der Waals surface area contributed by atoms with Crippen molar-refractivity contribution >= 4 is 41.5 Å². The molecule has 148 valence electrons. The number of likely N-dealkylation sites (tertiary alicyclic amines) is 1. The maximum atomic E-state index is 5.93. The fourth-order valence-corrected chi connectivity index (χ4v) is 3.38. The molecule has 4 nitrogen and oxygen atoms in total. The van der Waals surface area contributed by atoms with Crippen LogP contribution >= 0.6 is 35.6 Å². The molecule has 0 bridgehead atoms. The lowest BCUT2D eigenvalue weighted by Crippen LogP contribution is -2.42. The van der Waals surface area contributed by atoms with E-state index in [0.29, 0.717) is 12.0 Å². The average molecular weight is 493 g/mol. The predicted molar refractivity (Wildman–Crippen MR) is 124 cm³/mol. The van der Waals surface area contributed by atoms with E-state index in [4.69, 9.17) is 16.6 Å². The second-order valence-electron chi connectivity index (χ2n) is 7.12. The van der Waals surface area contributed by atoms with Crippen LogP contribution in [0.5, 0.6) is 0 Å². The van der Waals surface area contributed by atoms with E-state index in [1.165, 1.54) is 31.5 Å². The molecule has 1 aliphatic rings. The van der Waals surface area contributed by atoms with E-state index in [2.05, 4.69) is 48.4 Å². The Morgan fingerprint density at radius 1 is 1.27 bits per heavy atom. The van der Waals surface area contributed by atoms with Gasteiger partial charge in [-0.05, 0) is 70.2 Å². The number of hydrogen-bond acceptors (Lipinski definition) is 2. The number of guanidine groups is 1. The van der Waals surface area contributed by atoms with E-state index in [-0.39, 0.29) is 24.0 Å². The van der Waals surface area contributed by atoms with Crippen LogP contribution in [0.15, 0.2) is 29.3 Å². The highest BCUT2D eigenvalue weighted by Crippen LogP contribution is 2.18. The van der Waals surface area contributed by atoms with Gasteiger partial charge in [0.25, 0.3) is 0 Å². The van der Waals surface area contributed by atoms with Crippen molar-refractivity contribution in [2.75, 3.05) is 32.7 Å². The molecule has 1 aromatic carbocycles. The Balaban J connectivity index is 0.00000338. The lowest BCUT2D eigenvalue weighted by molar-refractivity contribution is 0.143. The molecule has 1 atom stereocenters. The molecular weight excluding hydrogens is 459 g/mol. The summed E-state index contributed by atoms with van der Waals surface area (Å²) in [6.07, 6.45) is 3.54. The summed E-state index contributed by atoms with van der Waals surface area (Å²) < 4.78 is 0. The van der Waals surface area contributed by atoms with Gasteiger partial charge in [-0.3, -0.25) is 4.99 Å². The van der Waals surface area contributed by atoms with Gasteiger partial charge < -0.3 is 15.5 Å². The maximum Gasteiger partial charge on any atom is 0.191 e. The van der Waals surface area contributed by atoms with Crippen LogP contribution < -0.4 is 10.6 Å². The number of nitrogens with one attached hydrogen (secondary N) is 2. The van der Waals surface area contributed by atoms with E-state index in [1.54, 1.807) is 0 Å². The normalized spacial score (nSPS) is 18.5. The van der Waals surface area contributed by atoms with E-state index >= 15 is 0 Å². The Bertz CT molecular complexity index is 533. The van der Waals surface area contributed by atoms with Gasteiger partial charge >= 0.3 is 0 Å². The van der Waals surface area contributed by atoms with Crippen molar-refractivity contribution in [3.8, 4) is 0 Å². The summed E-state index contributed by atoms with van der Waals surface area (Å²) in [5.41, 5.74) is 1.28. The van der Waals surface area contributed by atoms with Crippen LogP contribution in [0.4, 0.5) is 0 Å².